The predicted octanol–water partition coefficient (Wildman–Crippen LogP) is 5.23. The number of fused-ring (bicyclic) bond motifs is 1. The molecule has 1 fully saturated rings. The quantitative estimate of drug-likeness (QED) is 0.231. The van der Waals surface area contributed by atoms with E-state index >= 15 is 0 Å². The molecular weight excluding hydrogens is 540 g/mol. The third kappa shape index (κ3) is 6.05. The number of hydrogen-bond acceptors (Lipinski definition) is 8. The first-order valence-electron chi connectivity index (χ1n) is 14.2. The Morgan fingerprint density at radius 1 is 1.05 bits per heavy atom. The van der Waals surface area contributed by atoms with Gasteiger partial charge in [-0.25, -0.2) is 9.97 Å². The fourth-order valence-corrected chi connectivity index (χ4v) is 5.53. The highest BCUT2D eigenvalue weighted by molar-refractivity contribution is 6.02. The van der Waals surface area contributed by atoms with Crippen molar-refractivity contribution < 1.29 is 9.53 Å². The van der Waals surface area contributed by atoms with E-state index in [4.69, 9.17) is 4.74 Å². The first-order valence-corrected chi connectivity index (χ1v) is 14.2. The van der Waals surface area contributed by atoms with Crippen LogP contribution in [0.4, 0.5) is 22.9 Å². The van der Waals surface area contributed by atoms with Gasteiger partial charge in [-0.05, 0) is 29.8 Å². The van der Waals surface area contributed by atoms with Gasteiger partial charge in [0.05, 0.1) is 29.9 Å². The smallest absolute Gasteiger partial charge is 0.247 e. The summed E-state index contributed by atoms with van der Waals surface area (Å²) in [6.07, 6.45) is 8.60. The van der Waals surface area contributed by atoms with Crippen LogP contribution in [0.3, 0.4) is 0 Å². The number of carbonyl (C=O) groups excluding carboxylic acids is 1. The lowest BCUT2D eigenvalue weighted by molar-refractivity contribution is -0.111. The molecule has 0 atom stereocenters. The normalized spacial score (nSPS) is 13.6. The summed E-state index contributed by atoms with van der Waals surface area (Å²) in [5.74, 6) is 0.955. The van der Waals surface area contributed by atoms with E-state index in [1.54, 1.807) is 19.6 Å². The largest absolute Gasteiger partial charge is 0.494 e. The molecule has 1 saturated heterocycles. The molecule has 218 valence electrons. The molecule has 0 saturated carbocycles. The molecule has 5 aromatic rings. The highest BCUT2D eigenvalue weighted by atomic mass is 16.5. The van der Waals surface area contributed by atoms with Gasteiger partial charge in [0.2, 0.25) is 5.91 Å². The molecule has 4 heterocycles. The Hall–Kier alpha value is -5.22. The van der Waals surface area contributed by atoms with Crippen LogP contribution in [0.15, 0.2) is 92.2 Å². The molecule has 10 heteroatoms. The maximum Gasteiger partial charge on any atom is 0.247 e. The number of methoxy groups -OCH3 is 1. The molecule has 0 aliphatic carbocycles. The van der Waals surface area contributed by atoms with Gasteiger partial charge in [0.15, 0.2) is 0 Å². The van der Waals surface area contributed by atoms with Crippen LogP contribution in [0.25, 0.3) is 22.2 Å². The summed E-state index contributed by atoms with van der Waals surface area (Å²) in [4.78, 5) is 30.4. The van der Waals surface area contributed by atoms with Gasteiger partial charge < -0.3 is 24.8 Å². The van der Waals surface area contributed by atoms with Crippen LogP contribution in [0, 0.1) is 0 Å². The van der Waals surface area contributed by atoms with Crippen LogP contribution >= 0.6 is 0 Å². The van der Waals surface area contributed by atoms with Crippen molar-refractivity contribution in [2.75, 3.05) is 48.8 Å². The highest BCUT2D eigenvalue weighted by Crippen LogP contribution is 2.39. The standard InChI is InChI=1S/C33H34N8O2/c1-4-33(42)38-27-16-28(37-32-17-26(35-22-36-32)25-21-39(2)29-10-6-5-9-24(25)29)31(43-3)18-30(27)41-14-12-40(13-15-41)20-23-8-7-11-34-19-23/h4-11,16-19,21-22H,1,12-15,20H2,2-3H3,(H,38,42)(H,35,36,37). The second-order valence-corrected chi connectivity index (χ2v) is 10.5. The van der Waals surface area contributed by atoms with Crippen LogP contribution < -0.4 is 20.3 Å². The molecule has 2 aromatic carbocycles. The van der Waals surface area contributed by atoms with E-state index in [9.17, 15) is 4.79 Å². The average Bonchev–Trinajstić information content (AvgIpc) is 3.38. The fraction of sp³-hybridized carbons (Fsp3) is 0.212. The van der Waals surface area contributed by atoms with E-state index in [-0.39, 0.29) is 5.91 Å². The van der Waals surface area contributed by atoms with Gasteiger partial charge in [0.1, 0.15) is 17.9 Å². The predicted molar refractivity (Wildman–Crippen MR) is 171 cm³/mol. The minimum absolute atomic E-state index is 0.284. The van der Waals surface area contributed by atoms with E-state index < -0.39 is 0 Å². The Morgan fingerprint density at radius 3 is 2.65 bits per heavy atom. The van der Waals surface area contributed by atoms with Crippen LogP contribution in [0.1, 0.15) is 5.56 Å². The molecule has 1 aliphatic heterocycles. The number of piperazine rings is 1. The third-order valence-electron chi connectivity index (χ3n) is 7.71. The Balaban J connectivity index is 1.27. The van der Waals surface area contributed by atoms with E-state index in [2.05, 4.69) is 70.9 Å². The van der Waals surface area contributed by atoms with Crippen molar-refractivity contribution in [2.45, 2.75) is 6.54 Å². The molecule has 0 bridgehead atoms. The summed E-state index contributed by atoms with van der Waals surface area (Å²) in [6, 6.07) is 18.1. The molecule has 1 aliphatic rings. The number of pyridine rings is 1. The van der Waals surface area contributed by atoms with Crippen molar-refractivity contribution in [3.05, 3.63) is 97.7 Å². The average molecular weight is 575 g/mol. The summed E-state index contributed by atoms with van der Waals surface area (Å²) in [7, 11) is 3.66. The van der Waals surface area contributed by atoms with E-state index in [1.807, 2.05) is 49.6 Å². The molecule has 10 nitrogen and oxygen atoms in total. The Kier molecular flexibility index (Phi) is 8.01. The van der Waals surface area contributed by atoms with Crippen molar-refractivity contribution >= 4 is 39.7 Å². The van der Waals surface area contributed by atoms with Gasteiger partial charge in [0.25, 0.3) is 0 Å². The molecule has 2 N–H and O–H groups in total. The monoisotopic (exact) mass is 574 g/mol. The number of anilines is 4. The first-order chi connectivity index (χ1) is 21.0. The number of rotatable bonds is 9. The molecule has 1 amide bonds. The van der Waals surface area contributed by atoms with Gasteiger partial charge in [-0.15, -0.1) is 0 Å². The maximum atomic E-state index is 12.5. The number of hydrogen-bond donors (Lipinski definition) is 2. The SMILES string of the molecule is C=CC(=O)Nc1cc(Nc2cc(-c3cn(C)c4ccccc34)ncn2)c(OC)cc1N1CCN(Cc2cccnc2)CC1. The fourth-order valence-electron chi connectivity index (χ4n) is 5.53. The Labute approximate surface area is 250 Å². The number of amides is 1. The second kappa shape index (κ2) is 12.3. The van der Waals surface area contributed by atoms with Crippen LogP contribution in [0.2, 0.25) is 0 Å². The first kappa shape index (κ1) is 27.9. The second-order valence-electron chi connectivity index (χ2n) is 10.5. The van der Waals surface area contributed by atoms with Crippen molar-refractivity contribution in [1.82, 2.24) is 24.4 Å². The maximum absolute atomic E-state index is 12.5. The summed E-state index contributed by atoms with van der Waals surface area (Å²) in [5.41, 5.74) is 6.36. The summed E-state index contributed by atoms with van der Waals surface area (Å²) in [6.45, 7) is 7.85. The number of nitrogens with one attached hydrogen (secondary N) is 2. The Morgan fingerprint density at radius 2 is 1.88 bits per heavy atom. The molecule has 6 rings (SSSR count). The summed E-state index contributed by atoms with van der Waals surface area (Å²) < 4.78 is 7.92. The number of aryl methyl sites for hydroxylation is 1. The minimum Gasteiger partial charge on any atom is -0.494 e. The zero-order valence-corrected chi connectivity index (χ0v) is 24.3. The number of nitrogens with zero attached hydrogens (tertiary/aromatic N) is 6. The molecule has 3 aromatic heterocycles. The lowest BCUT2D eigenvalue weighted by Gasteiger charge is -2.37. The molecule has 43 heavy (non-hydrogen) atoms. The molecule has 0 spiro atoms. The Bertz CT molecular complexity index is 1760. The highest BCUT2D eigenvalue weighted by Gasteiger charge is 2.23. The van der Waals surface area contributed by atoms with Gasteiger partial charge >= 0.3 is 0 Å². The number of ether oxygens (including phenoxy) is 1. The van der Waals surface area contributed by atoms with Crippen molar-refractivity contribution in [3.8, 4) is 17.0 Å². The number of benzene rings is 2. The lowest BCUT2D eigenvalue weighted by atomic mass is 10.1. The van der Waals surface area contributed by atoms with E-state index in [1.165, 1.54) is 11.6 Å². The molecule has 0 unspecified atom stereocenters. The zero-order valence-electron chi connectivity index (χ0n) is 24.3. The van der Waals surface area contributed by atoms with Gasteiger partial charge in [-0.2, -0.15) is 0 Å². The third-order valence-corrected chi connectivity index (χ3v) is 7.71. The van der Waals surface area contributed by atoms with Gasteiger partial charge in [-0.3, -0.25) is 14.7 Å². The number of carbonyl (C=O) groups is 1. The van der Waals surface area contributed by atoms with E-state index in [0.29, 0.717) is 22.9 Å². The van der Waals surface area contributed by atoms with Crippen molar-refractivity contribution in [3.63, 3.8) is 0 Å². The summed E-state index contributed by atoms with van der Waals surface area (Å²) >= 11 is 0. The zero-order chi connectivity index (χ0) is 29.8. The van der Waals surface area contributed by atoms with Crippen molar-refractivity contribution in [1.29, 1.82) is 0 Å². The molecule has 0 radical (unpaired) electrons. The summed E-state index contributed by atoms with van der Waals surface area (Å²) in [5, 5.41) is 7.50. The van der Waals surface area contributed by atoms with Gasteiger partial charge in [-0.1, -0.05) is 30.8 Å². The van der Waals surface area contributed by atoms with Crippen LogP contribution in [-0.2, 0) is 18.4 Å². The number of aromatic nitrogens is 4. The van der Waals surface area contributed by atoms with Crippen LogP contribution in [0.5, 0.6) is 5.75 Å². The van der Waals surface area contributed by atoms with Crippen LogP contribution in [-0.4, -0.2) is 63.6 Å². The van der Waals surface area contributed by atoms with Gasteiger partial charge in [0, 0.05) is 87.0 Å². The minimum atomic E-state index is -0.284. The lowest BCUT2D eigenvalue weighted by Crippen LogP contribution is -2.46. The van der Waals surface area contributed by atoms with E-state index in [0.717, 1.165) is 60.6 Å². The van der Waals surface area contributed by atoms with Crippen molar-refractivity contribution in [2.24, 2.45) is 7.05 Å². The molecular formula is C33H34N8O2. The number of para-hydroxylation sites is 1. The topological polar surface area (TPSA) is 100 Å².